The van der Waals surface area contributed by atoms with Gasteiger partial charge in [0, 0.05) is 19.2 Å². The van der Waals surface area contributed by atoms with Gasteiger partial charge < -0.3 is 20.1 Å². The van der Waals surface area contributed by atoms with E-state index < -0.39 is 6.10 Å². The number of hydrogen-bond acceptors (Lipinski definition) is 4. The van der Waals surface area contributed by atoms with E-state index in [0.717, 1.165) is 18.7 Å². The maximum absolute atomic E-state index is 10.9. The Morgan fingerprint density at radius 2 is 2.05 bits per heavy atom. The molecule has 0 aromatic heterocycles. The quantitative estimate of drug-likeness (QED) is 0.761. The number of benzene rings is 1. The van der Waals surface area contributed by atoms with Crippen molar-refractivity contribution in [3.63, 3.8) is 0 Å². The van der Waals surface area contributed by atoms with Crippen LogP contribution >= 0.6 is 0 Å². The molecule has 0 saturated heterocycles. The molecule has 1 aromatic carbocycles. The molecule has 0 spiro atoms. The van der Waals surface area contributed by atoms with Crippen LogP contribution in [-0.4, -0.2) is 48.8 Å². The third kappa shape index (κ3) is 6.54. The van der Waals surface area contributed by atoms with Crippen LogP contribution in [0.3, 0.4) is 0 Å². The fourth-order valence-corrected chi connectivity index (χ4v) is 1.92. The molecular formula is C15H24N2O3. The number of hydrogen-bond donors (Lipinski definition) is 2. The molecule has 1 atom stereocenters. The van der Waals surface area contributed by atoms with Gasteiger partial charge in [-0.15, -0.1) is 0 Å². The van der Waals surface area contributed by atoms with Crippen molar-refractivity contribution in [1.29, 1.82) is 0 Å². The van der Waals surface area contributed by atoms with E-state index in [1.165, 1.54) is 6.92 Å². The zero-order chi connectivity index (χ0) is 15.0. The summed E-state index contributed by atoms with van der Waals surface area (Å²) in [5.41, 5.74) is 0.730. The summed E-state index contributed by atoms with van der Waals surface area (Å²) < 4.78 is 5.52. The number of ether oxygens (including phenoxy) is 1. The van der Waals surface area contributed by atoms with Crippen molar-refractivity contribution < 1.29 is 14.6 Å². The van der Waals surface area contributed by atoms with Crippen molar-refractivity contribution in [2.45, 2.75) is 26.4 Å². The predicted molar refractivity (Wildman–Crippen MR) is 80.0 cm³/mol. The van der Waals surface area contributed by atoms with E-state index in [-0.39, 0.29) is 12.5 Å². The lowest BCUT2D eigenvalue weighted by molar-refractivity contribution is -0.114. The number of nitrogens with zero attached hydrogens (tertiary/aromatic N) is 1. The molecule has 0 aliphatic carbocycles. The lowest BCUT2D eigenvalue weighted by atomic mass is 10.3. The smallest absolute Gasteiger partial charge is 0.221 e. The molecule has 5 heteroatoms. The van der Waals surface area contributed by atoms with Gasteiger partial charge in [0.15, 0.2) is 0 Å². The number of carbonyl (C=O) groups is 1. The van der Waals surface area contributed by atoms with Gasteiger partial charge in [-0.2, -0.15) is 0 Å². The first-order chi connectivity index (χ1) is 9.51. The molecule has 0 bridgehead atoms. The molecular weight excluding hydrogens is 256 g/mol. The summed E-state index contributed by atoms with van der Waals surface area (Å²) >= 11 is 0. The van der Waals surface area contributed by atoms with Crippen LogP contribution in [0.5, 0.6) is 5.75 Å². The first-order valence-electron chi connectivity index (χ1n) is 6.88. The number of carbonyl (C=O) groups excluding carboxylic acids is 1. The van der Waals surface area contributed by atoms with E-state index in [2.05, 4.69) is 17.1 Å². The zero-order valence-electron chi connectivity index (χ0n) is 12.4. The van der Waals surface area contributed by atoms with Crippen LogP contribution in [-0.2, 0) is 4.79 Å². The molecule has 112 valence electrons. The number of aliphatic hydroxyl groups excluding tert-OH is 1. The van der Waals surface area contributed by atoms with Crippen LogP contribution in [0.2, 0.25) is 0 Å². The second kappa shape index (κ2) is 8.55. The number of nitrogens with one attached hydrogen (secondary N) is 1. The highest BCUT2D eigenvalue weighted by Gasteiger charge is 2.08. The first-order valence-corrected chi connectivity index (χ1v) is 6.88. The van der Waals surface area contributed by atoms with Crippen molar-refractivity contribution in [2.75, 3.05) is 32.1 Å². The van der Waals surface area contributed by atoms with Crippen LogP contribution < -0.4 is 10.1 Å². The second-order valence-electron chi connectivity index (χ2n) is 4.93. The molecule has 0 heterocycles. The highest BCUT2D eigenvalue weighted by molar-refractivity contribution is 5.88. The second-order valence-corrected chi connectivity index (χ2v) is 4.93. The minimum atomic E-state index is -0.512. The third-order valence-electron chi connectivity index (χ3n) is 2.74. The van der Waals surface area contributed by atoms with E-state index in [9.17, 15) is 9.90 Å². The van der Waals surface area contributed by atoms with E-state index in [0.29, 0.717) is 12.3 Å². The molecule has 0 aliphatic heterocycles. The van der Waals surface area contributed by atoms with Crippen LogP contribution in [0, 0.1) is 0 Å². The van der Waals surface area contributed by atoms with Crippen molar-refractivity contribution >= 4 is 11.6 Å². The van der Waals surface area contributed by atoms with Gasteiger partial charge in [-0.1, -0.05) is 6.92 Å². The van der Waals surface area contributed by atoms with E-state index in [4.69, 9.17) is 4.74 Å². The Kier molecular flexibility index (Phi) is 7.04. The van der Waals surface area contributed by atoms with Gasteiger partial charge in [0.2, 0.25) is 5.91 Å². The Balaban J connectivity index is 2.35. The fourth-order valence-electron chi connectivity index (χ4n) is 1.92. The monoisotopic (exact) mass is 280 g/mol. The minimum Gasteiger partial charge on any atom is -0.491 e. The number of likely N-dealkylation sites (N-methyl/N-ethyl adjacent to an activating group) is 1. The Morgan fingerprint density at radius 1 is 1.40 bits per heavy atom. The number of aliphatic hydroxyl groups is 1. The molecule has 0 saturated carbocycles. The predicted octanol–water partition coefficient (Wildman–Crippen LogP) is 1.73. The Labute approximate surface area is 120 Å². The van der Waals surface area contributed by atoms with Crippen molar-refractivity contribution in [3.05, 3.63) is 24.3 Å². The molecule has 1 rings (SSSR count). The summed E-state index contributed by atoms with van der Waals surface area (Å²) in [6, 6.07) is 7.08. The largest absolute Gasteiger partial charge is 0.491 e. The highest BCUT2D eigenvalue weighted by atomic mass is 16.5. The fraction of sp³-hybridized carbons (Fsp3) is 0.533. The van der Waals surface area contributed by atoms with Crippen molar-refractivity contribution in [1.82, 2.24) is 4.90 Å². The summed E-state index contributed by atoms with van der Waals surface area (Å²) in [6.07, 6.45) is 0.552. The molecule has 0 aliphatic rings. The SMILES string of the molecule is CCCN(C)CC(O)COc1ccc(NC(C)=O)cc1. The summed E-state index contributed by atoms with van der Waals surface area (Å²) in [4.78, 5) is 13.0. The van der Waals surface area contributed by atoms with Gasteiger partial charge in [-0.25, -0.2) is 0 Å². The summed E-state index contributed by atoms with van der Waals surface area (Å²) in [5.74, 6) is 0.573. The maximum Gasteiger partial charge on any atom is 0.221 e. The topological polar surface area (TPSA) is 61.8 Å². The van der Waals surface area contributed by atoms with Crippen LogP contribution in [0.25, 0.3) is 0 Å². The molecule has 1 aromatic rings. The maximum atomic E-state index is 10.9. The molecule has 20 heavy (non-hydrogen) atoms. The molecule has 1 amide bonds. The zero-order valence-corrected chi connectivity index (χ0v) is 12.4. The van der Waals surface area contributed by atoms with Gasteiger partial charge in [0.25, 0.3) is 0 Å². The summed E-state index contributed by atoms with van der Waals surface area (Å²) in [5, 5.41) is 12.5. The van der Waals surface area contributed by atoms with Gasteiger partial charge in [-0.05, 0) is 44.3 Å². The van der Waals surface area contributed by atoms with Crippen LogP contribution in [0.4, 0.5) is 5.69 Å². The van der Waals surface area contributed by atoms with E-state index in [1.54, 1.807) is 24.3 Å². The number of anilines is 1. The Morgan fingerprint density at radius 3 is 2.60 bits per heavy atom. The highest BCUT2D eigenvalue weighted by Crippen LogP contribution is 2.15. The average Bonchev–Trinajstić information content (AvgIpc) is 2.37. The summed E-state index contributed by atoms with van der Waals surface area (Å²) in [6.45, 7) is 5.39. The average molecular weight is 280 g/mol. The third-order valence-corrected chi connectivity index (χ3v) is 2.74. The Bertz CT molecular complexity index is 406. The van der Waals surface area contributed by atoms with E-state index >= 15 is 0 Å². The lowest BCUT2D eigenvalue weighted by Crippen LogP contribution is -2.33. The van der Waals surface area contributed by atoms with E-state index in [1.807, 2.05) is 7.05 Å². The minimum absolute atomic E-state index is 0.104. The summed E-state index contributed by atoms with van der Waals surface area (Å²) in [7, 11) is 1.98. The van der Waals surface area contributed by atoms with Gasteiger partial charge in [0.05, 0.1) is 0 Å². The molecule has 5 nitrogen and oxygen atoms in total. The molecule has 2 N–H and O–H groups in total. The van der Waals surface area contributed by atoms with Crippen molar-refractivity contribution in [3.8, 4) is 5.75 Å². The normalized spacial score (nSPS) is 12.2. The van der Waals surface area contributed by atoms with Gasteiger partial charge in [-0.3, -0.25) is 4.79 Å². The van der Waals surface area contributed by atoms with Gasteiger partial charge in [0.1, 0.15) is 18.5 Å². The Hall–Kier alpha value is -1.59. The van der Waals surface area contributed by atoms with Gasteiger partial charge >= 0.3 is 0 Å². The lowest BCUT2D eigenvalue weighted by Gasteiger charge is -2.20. The van der Waals surface area contributed by atoms with Crippen molar-refractivity contribution in [2.24, 2.45) is 0 Å². The molecule has 1 unspecified atom stereocenters. The van der Waals surface area contributed by atoms with Crippen LogP contribution in [0.15, 0.2) is 24.3 Å². The molecule has 0 fully saturated rings. The molecule has 0 radical (unpaired) electrons. The first kappa shape index (κ1) is 16.5. The number of rotatable bonds is 8. The standard InChI is InChI=1S/C15H24N2O3/c1-4-9-17(3)10-14(19)11-20-15-7-5-13(6-8-15)16-12(2)18/h5-8,14,19H,4,9-11H2,1-3H3,(H,16,18). The number of amides is 1. The van der Waals surface area contributed by atoms with Crippen LogP contribution in [0.1, 0.15) is 20.3 Å².